The van der Waals surface area contributed by atoms with Gasteiger partial charge in [0, 0.05) is 38.7 Å². The number of hydrogen-bond acceptors (Lipinski definition) is 4. The van der Waals surface area contributed by atoms with Crippen LogP contribution < -0.4 is 14.7 Å². The third-order valence-electron chi connectivity index (χ3n) is 5.99. The number of amides is 2. The lowest BCUT2D eigenvalue weighted by Gasteiger charge is -2.41. The van der Waals surface area contributed by atoms with E-state index in [4.69, 9.17) is 4.74 Å². The number of anilines is 3. The lowest BCUT2D eigenvalue weighted by Crippen LogP contribution is -2.51. The maximum atomic E-state index is 12.9. The molecule has 6 nitrogen and oxygen atoms in total. The number of hydrogen-bond donors (Lipinski definition) is 0. The fourth-order valence-corrected chi connectivity index (χ4v) is 4.40. The fraction of sp³-hybridized carbons (Fsp3) is 0.462. The average Bonchev–Trinajstić information content (AvgIpc) is 2.76. The number of fused-ring (bicyclic) bond motifs is 1. The fourth-order valence-electron chi connectivity index (χ4n) is 4.40. The van der Waals surface area contributed by atoms with Crippen LogP contribution in [0.3, 0.4) is 0 Å². The summed E-state index contributed by atoms with van der Waals surface area (Å²) in [4.78, 5) is 31.0. The van der Waals surface area contributed by atoms with Gasteiger partial charge in [-0.1, -0.05) is 31.2 Å². The standard InChI is InChI=1S/C26H35N3O3/c1-7-21(17-27(6)23-11-9-8-10-12-23)22-13-14-24-25(15-22)28(26(31)32-18(2)3)16-19(4)29(24)20(5)30/h8-15,18-19,21H,7,16-17H2,1-6H3/t19-,21?/m0/s1. The minimum Gasteiger partial charge on any atom is -0.446 e. The largest absolute Gasteiger partial charge is 0.446 e. The Morgan fingerprint density at radius 1 is 1.12 bits per heavy atom. The number of rotatable bonds is 6. The van der Waals surface area contributed by atoms with Gasteiger partial charge < -0.3 is 14.5 Å². The molecule has 1 unspecified atom stereocenters. The number of carbonyl (C=O) groups excluding carboxylic acids is 2. The Bertz CT molecular complexity index is 945. The molecule has 3 rings (SSSR count). The SMILES string of the molecule is CCC(CN(C)c1ccccc1)c1ccc2c(c1)N(C(=O)OC(C)C)C[C@H](C)N2C(C)=O. The van der Waals surface area contributed by atoms with Gasteiger partial charge in [0.05, 0.1) is 23.5 Å². The molecule has 0 bridgehead atoms. The first-order valence-electron chi connectivity index (χ1n) is 11.4. The van der Waals surface area contributed by atoms with E-state index in [1.807, 2.05) is 45.0 Å². The third-order valence-corrected chi connectivity index (χ3v) is 5.99. The molecule has 0 spiro atoms. The van der Waals surface area contributed by atoms with E-state index in [9.17, 15) is 9.59 Å². The van der Waals surface area contributed by atoms with Gasteiger partial charge in [0.2, 0.25) is 5.91 Å². The zero-order valence-electron chi connectivity index (χ0n) is 20.0. The molecule has 1 aliphatic heterocycles. The molecule has 0 fully saturated rings. The van der Waals surface area contributed by atoms with Crippen LogP contribution in [0.4, 0.5) is 21.9 Å². The van der Waals surface area contributed by atoms with Gasteiger partial charge in [-0.25, -0.2) is 4.79 Å². The first kappa shape index (κ1) is 23.6. The number of nitrogens with zero attached hydrogens (tertiary/aromatic N) is 3. The Morgan fingerprint density at radius 2 is 1.81 bits per heavy atom. The number of para-hydroxylation sites is 1. The van der Waals surface area contributed by atoms with Gasteiger partial charge in [-0.15, -0.1) is 0 Å². The van der Waals surface area contributed by atoms with E-state index in [0.29, 0.717) is 6.54 Å². The predicted molar refractivity (Wildman–Crippen MR) is 131 cm³/mol. The van der Waals surface area contributed by atoms with Crippen molar-refractivity contribution in [1.29, 1.82) is 0 Å². The van der Waals surface area contributed by atoms with Crippen LogP contribution in [0, 0.1) is 0 Å². The molecule has 6 heteroatoms. The molecule has 1 heterocycles. The summed E-state index contributed by atoms with van der Waals surface area (Å²) in [5.41, 5.74) is 3.81. The molecule has 0 saturated carbocycles. The van der Waals surface area contributed by atoms with Crippen molar-refractivity contribution < 1.29 is 14.3 Å². The second-order valence-corrected chi connectivity index (χ2v) is 8.85. The summed E-state index contributed by atoms with van der Waals surface area (Å²) < 4.78 is 5.51. The number of carbonyl (C=O) groups is 2. The van der Waals surface area contributed by atoms with Crippen LogP contribution in [0.5, 0.6) is 0 Å². The van der Waals surface area contributed by atoms with Crippen LogP contribution >= 0.6 is 0 Å². The van der Waals surface area contributed by atoms with Crippen molar-refractivity contribution in [2.24, 2.45) is 0 Å². The van der Waals surface area contributed by atoms with Crippen LogP contribution in [0.25, 0.3) is 0 Å². The highest BCUT2D eigenvalue weighted by Crippen LogP contribution is 2.39. The zero-order chi connectivity index (χ0) is 23.4. The van der Waals surface area contributed by atoms with Crippen LogP contribution in [0.15, 0.2) is 48.5 Å². The molecule has 2 atom stereocenters. The van der Waals surface area contributed by atoms with Gasteiger partial charge in [0.25, 0.3) is 0 Å². The second-order valence-electron chi connectivity index (χ2n) is 8.85. The minimum atomic E-state index is -0.372. The predicted octanol–water partition coefficient (Wildman–Crippen LogP) is 5.42. The monoisotopic (exact) mass is 437 g/mol. The third kappa shape index (κ3) is 5.06. The molecule has 0 N–H and O–H groups in total. The van der Waals surface area contributed by atoms with Gasteiger partial charge >= 0.3 is 6.09 Å². The van der Waals surface area contributed by atoms with Crippen molar-refractivity contribution >= 4 is 29.1 Å². The summed E-state index contributed by atoms with van der Waals surface area (Å²) in [6, 6.07) is 16.3. The van der Waals surface area contributed by atoms with Crippen LogP contribution in [0.2, 0.25) is 0 Å². The second kappa shape index (κ2) is 10.1. The average molecular weight is 438 g/mol. The van der Waals surface area contributed by atoms with Gasteiger partial charge in [0.15, 0.2) is 0 Å². The number of ether oxygens (including phenoxy) is 1. The molecular formula is C26H35N3O3. The lowest BCUT2D eigenvalue weighted by molar-refractivity contribution is -0.117. The normalized spacial score (nSPS) is 16.5. The smallest absolute Gasteiger partial charge is 0.414 e. The highest BCUT2D eigenvalue weighted by molar-refractivity contribution is 6.02. The molecule has 2 aromatic rings. The first-order valence-corrected chi connectivity index (χ1v) is 11.4. The molecule has 0 radical (unpaired) electrons. The Balaban J connectivity index is 1.97. The number of benzene rings is 2. The molecule has 0 saturated heterocycles. The minimum absolute atomic E-state index is 0.0285. The topological polar surface area (TPSA) is 53.1 Å². The first-order chi connectivity index (χ1) is 15.2. The van der Waals surface area contributed by atoms with Crippen molar-refractivity contribution in [2.75, 3.05) is 34.8 Å². The maximum absolute atomic E-state index is 12.9. The highest BCUT2D eigenvalue weighted by Gasteiger charge is 2.35. The van der Waals surface area contributed by atoms with Gasteiger partial charge in [-0.3, -0.25) is 9.69 Å². The highest BCUT2D eigenvalue weighted by atomic mass is 16.6. The molecule has 0 aliphatic carbocycles. The molecule has 32 heavy (non-hydrogen) atoms. The van der Waals surface area contributed by atoms with E-state index >= 15 is 0 Å². The van der Waals surface area contributed by atoms with E-state index < -0.39 is 0 Å². The quantitative estimate of drug-likeness (QED) is 0.605. The lowest BCUT2D eigenvalue weighted by atomic mass is 9.93. The van der Waals surface area contributed by atoms with Crippen molar-refractivity contribution in [2.45, 2.75) is 59.1 Å². The van der Waals surface area contributed by atoms with E-state index in [-0.39, 0.29) is 30.1 Å². The summed E-state index contributed by atoms with van der Waals surface area (Å²) in [7, 11) is 2.10. The van der Waals surface area contributed by atoms with Crippen molar-refractivity contribution in [1.82, 2.24) is 0 Å². The Kier molecular flexibility index (Phi) is 7.44. The van der Waals surface area contributed by atoms with E-state index in [1.165, 1.54) is 5.69 Å². The summed E-state index contributed by atoms with van der Waals surface area (Å²) in [5, 5.41) is 0. The summed E-state index contributed by atoms with van der Waals surface area (Å²) >= 11 is 0. The van der Waals surface area contributed by atoms with E-state index in [1.54, 1.807) is 16.7 Å². The maximum Gasteiger partial charge on any atom is 0.414 e. The molecule has 2 aromatic carbocycles. The summed E-state index contributed by atoms with van der Waals surface area (Å²) in [6.45, 7) is 10.6. The van der Waals surface area contributed by atoms with Crippen molar-refractivity contribution in [3.63, 3.8) is 0 Å². The summed E-state index contributed by atoms with van der Waals surface area (Å²) in [6.07, 6.45) is 0.375. The van der Waals surface area contributed by atoms with Crippen LogP contribution in [-0.4, -0.2) is 44.3 Å². The zero-order valence-corrected chi connectivity index (χ0v) is 20.0. The Hall–Kier alpha value is -3.02. The van der Waals surface area contributed by atoms with Gasteiger partial charge in [-0.2, -0.15) is 0 Å². The number of likely N-dealkylation sites (N-methyl/N-ethyl adjacent to an activating group) is 1. The molecular weight excluding hydrogens is 402 g/mol. The van der Waals surface area contributed by atoms with Gasteiger partial charge in [0.1, 0.15) is 0 Å². The van der Waals surface area contributed by atoms with E-state index in [2.05, 4.69) is 43.1 Å². The molecule has 1 aliphatic rings. The summed E-state index contributed by atoms with van der Waals surface area (Å²) in [5.74, 6) is 0.248. The van der Waals surface area contributed by atoms with Crippen molar-refractivity contribution in [3.8, 4) is 0 Å². The van der Waals surface area contributed by atoms with Gasteiger partial charge in [-0.05, 0) is 57.0 Å². The molecule has 0 aromatic heterocycles. The molecule has 2 amide bonds. The van der Waals surface area contributed by atoms with Crippen LogP contribution in [-0.2, 0) is 9.53 Å². The van der Waals surface area contributed by atoms with Crippen LogP contribution in [0.1, 0.15) is 52.5 Å². The molecule has 172 valence electrons. The van der Waals surface area contributed by atoms with E-state index in [0.717, 1.165) is 29.9 Å². The Labute approximate surface area is 191 Å². The van der Waals surface area contributed by atoms with Crippen molar-refractivity contribution in [3.05, 3.63) is 54.1 Å². The Morgan fingerprint density at radius 3 is 2.41 bits per heavy atom.